The molecule has 0 amide bonds. The zero-order chi connectivity index (χ0) is 19.2. The first-order valence-corrected chi connectivity index (χ1v) is 8.66. The number of aromatic carboxylic acids is 1. The largest absolute Gasteiger partial charge is 0.477 e. The highest BCUT2D eigenvalue weighted by atomic mass is 35.5. The molecule has 0 atom stereocenters. The van der Waals surface area contributed by atoms with Crippen LogP contribution in [0.2, 0.25) is 0 Å². The van der Waals surface area contributed by atoms with Crippen LogP contribution in [0, 0.1) is 5.82 Å². The quantitative estimate of drug-likeness (QED) is 0.844. The number of carboxylic acid groups (broad SMARTS) is 1. The van der Waals surface area contributed by atoms with Gasteiger partial charge in [0.1, 0.15) is 11.4 Å². The van der Waals surface area contributed by atoms with E-state index < -0.39 is 22.8 Å². The average molecular weight is 398 g/mol. The van der Waals surface area contributed by atoms with Crippen molar-refractivity contribution in [1.29, 1.82) is 0 Å². The zero-order valence-corrected chi connectivity index (χ0v) is 16.8. The molecule has 3 rings (SSSR count). The standard InChI is InChI=1S/C19H24FN3O3.ClH/c1-19(2,3)23-11-13(18(25)26)17(24)12-9-14(20)16(10-15(12)23)22-7-5-21(4)6-8-22;/h9-11H,5-8H2,1-4H3,(H,25,26);1H. The van der Waals surface area contributed by atoms with Crippen LogP contribution in [0.25, 0.3) is 10.9 Å². The van der Waals surface area contributed by atoms with Crippen molar-refractivity contribution in [2.24, 2.45) is 0 Å². The molecule has 1 aliphatic heterocycles. The summed E-state index contributed by atoms with van der Waals surface area (Å²) in [6.07, 6.45) is 1.36. The Labute approximate surface area is 163 Å². The fourth-order valence-corrected chi connectivity index (χ4v) is 3.33. The number of benzene rings is 1. The van der Waals surface area contributed by atoms with Crippen molar-refractivity contribution in [3.05, 3.63) is 39.9 Å². The molecule has 2 aromatic rings. The van der Waals surface area contributed by atoms with Crippen LogP contribution in [-0.4, -0.2) is 53.8 Å². The van der Waals surface area contributed by atoms with Gasteiger partial charge in [-0.3, -0.25) is 4.79 Å². The van der Waals surface area contributed by atoms with Crippen LogP contribution < -0.4 is 10.3 Å². The summed E-state index contributed by atoms with van der Waals surface area (Å²) in [4.78, 5) is 28.2. The number of halogens is 2. The van der Waals surface area contributed by atoms with Crippen molar-refractivity contribution in [2.45, 2.75) is 26.3 Å². The molecular weight excluding hydrogens is 373 g/mol. The van der Waals surface area contributed by atoms with Crippen LogP contribution in [-0.2, 0) is 5.54 Å². The Bertz CT molecular complexity index is 928. The number of hydrogen-bond donors (Lipinski definition) is 1. The Morgan fingerprint density at radius 1 is 1.15 bits per heavy atom. The third-order valence-corrected chi connectivity index (χ3v) is 4.87. The lowest BCUT2D eigenvalue weighted by Gasteiger charge is -2.34. The fraction of sp³-hybridized carbons (Fsp3) is 0.474. The number of rotatable bonds is 2. The maximum Gasteiger partial charge on any atom is 0.341 e. The lowest BCUT2D eigenvalue weighted by Crippen LogP contribution is -2.44. The first-order valence-electron chi connectivity index (χ1n) is 8.66. The predicted molar refractivity (Wildman–Crippen MR) is 107 cm³/mol. The molecule has 1 aromatic heterocycles. The van der Waals surface area contributed by atoms with E-state index in [-0.39, 0.29) is 23.4 Å². The van der Waals surface area contributed by atoms with Crippen LogP contribution in [0.4, 0.5) is 10.1 Å². The molecule has 1 saturated heterocycles. The van der Waals surface area contributed by atoms with E-state index in [9.17, 15) is 19.1 Å². The molecule has 0 bridgehead atoms. The predicted octanol–water partition coefficient (Wildman–Crippen LogP) is 2.77. The molecule has 0 spiro atoms. The van der Waals surface area contributed by atoms with Gasteiger partial charge in [-0.2, -0.15) is 0 Å². The monoisotopic (exact) mass is 397 g/mol. The summed E-state index contributed by atoms with van der Waals surface area (Å²) in [6, 6.07) is 2.86. The number of carboxylic acids is 1. The normalized spacial score (nSPS) is 15.7. The molecule has 1 aliphatic rings. The van der Waals surface area contributed by atoms with E-state index in [1.54, 1.807) is 10.6 Å². The number of likely N-dealkylation sites (N-methyl/N-ethyl adjacent to an activating group) is 1. The average Bonchev–Trinajstić information content (AvgIpc) is 2.54. The number of carbonyl (C=O) groups is 1. The van der Waals surface area contributed by atoms with Crippen molar-refractivity contribution in [1.82, 2.24) is 9.47 Å². The fourth-order valence-electron chi connectivity index (χ4n) is 3.33. The van der Waals surface area contributed by atoms with Crippen molar-refractivity contribution < 1.29 is 14.3 Å². The molecule has 8 heteroatoms. The van der Waals surface area contributed by atoms with Gasteiger partial charge in [0.15, 0.2) is 0 Å². The lowest BCUT2D eigenvalue weighted by molar-refractivity contribution is 0.0694. The van der Waals surface area contributed by atoms with Crippen LogP contribution in [0.1, 0.15) is 31.1 Å². The maximum absolute atomic E-state index is 14.8. The van der Waals surface area contributed by atoms with Gasteiger partial charge in [-0.15, -0.1) is 12.4 Å². The Morgan fingerprint density at radius 3 is 2.26 bits per heavy atom. The Balaban J connectivity index is 0.00000261. The molecule has 1 aromatic carbocycles. The number of anilines is 1. The van der Waals surface area contributed by atoms with Crippen molar-refractivity contribution in [2.75, 3.05) is 38.1 Å². The van der Waals surface area contributed by atoms with Gasteiger partial charge in [0.25, 0.3) is 0 Å². The molecule has 0 unspecified atom stereocenters. The van der Waals surface area contributed by atoms with Gasteiger partial charge < -0.3 is 19.5 Å². The molecule has 6 nitrogen and oxygen atoms in total. The Morgan fingerprint density at radius 2 is 1.74 bits per heavy atom. The van der Waals surface area contributed by atoms with Crippen molar-refractivity contribution >= 4 is 35.0 Å². The number of pyridine rings is 1. The highest BCUT2D eigenvalue weighted by Crippen LogP contribution is 2.29. The van der Waals surface area contributed by atoms with Crippen LogP contribution in [0.15, 0.2) is 23.1 Å². The van der Waals surface area contributed by atoms with E-state index in [1.807, 2.05) is 32.7 Å². The second-order valence-electron chi connectivity index (χ2n) is 7.83. The number of fused-ring (bicyclic) bond motifs is 1. The lowest BCUT2D eigenvalue weighted by atomic mass is 10.0. The summed E-state index contributed by atoms with van der Waals surface area (Å²) in [5.74, 6) is -1.80. The van der Waals surface area contributed by atoms with E-state index in [0.29, 0.717) is 24.3 Å². The van der Waals surface area contributed by atoms with Gasteiger partial charge >= 0.3 is 5.97 Å². The number of nitrogens with zero attached hydrogens (tertiary/aromatic N) is 3. The summed E-state index contributed by atoms with van der Waals surface area (Å²) < 4.78 is 16.5. The molecule has 148 valence electrons. The van der Waals surface area contributed by atoms with E-state index in [1.165, 1.54) is 12.3 Å². The van der Waals surface area contributed by atoms with E-state index in [0.717, 1.165) is 13.1 Å². The van der Waals surface area contributed by atoms with E-state index in [4.69, 9.17) is 0 Å². The summed E-state index contributed by atoms with van der Waals surface area (Å²) in [5.41, 5.74) is -0.474. The molecule has 0 radical (unpaired) electrons. The SMILES string of the molecule is CN1CCN(c2cc3c(cc2F)c(=O)c(C(=O)O)cn3C(C)(C)C)CC1.Cl. The minimum atomic E-state index is -1.31. The minimum Gasteiger partial charge on any atom is -0.477 e. The van der Waals surface area contributed by atoms with Crippen molar-refractivity contribution in [3.8, 4) is 0 Å². The van der Waals surface area contributed by atoms with Crippen molar-refractivity contribution in [3.63, 3.8) is 0 Å². The van der Waals surface area contributed by atoms with Gasteiger partial charge in [0.05, 0.1) is 11.2 Å². The summed E-state index contributed by atoms with van der Waals surface area (Å²) in [6.45, 7) is 8.82. The highest BCUT2D eigenvalue weighted by Gasteiger charge is 2.24. The second-order valence-corrected chi connectivity index (χ2v) is 7.83. The van der Waals surface area contributed by atoms with E-state index >= 15 is 0 Å². The van der Waals surface area contributed by atoms with Gasteiger partial charge in [0, 0.05) is 43.3 Å². The molecule has 1 N–H and O–H groups in total. The van der Waals surface area contributed by atoms with E-state index in [2.05, 4.69) is 4.90 Å². The number of aromatic nitrogens is 1. The first-order chi connectivity index (χ1) is 12.1. The van der Waals surface area contributed by atoms with Gasteiger partial charge in [-0.1, -0.05) is 0 Å². The highest BCUT2D eigenvalue weighted by molar-refractivity contribution is 5.93. The maximum atomic E-state index is 14.8. The summed E-state index contributed by atoms with van der Waals surface area (Å²) in [7, 11) is 2.03. The third-order valence-electron chi connectivity index (χ3n) is 4.87. The number of hydrogen-bond acceptors (Lipinski definition) is 4. The number of piperazine rings is 1. The topological polar surface area (TPSA) is 65.8 Å². The van der Waals surface area contributed by atoms with Gasteiger partial charge in [-0.25, -0.2) is 9.18 Å². The van der Waals surface area contributed by atoms with Crippen LogP contribution in [0.3, 0.4) is 0 Å². The Kier molecular flexibility index (Phi) is 5.87. The van der Waals surface area contributed by atoms with Gasteiger partial charge in [0.2, 0.25) is 5.43 Å². The third kappa shape index (κ3) is 3.94. The molecular formula is C19H25ClFN3O3. The summed E-state index contributed by atoms with van der Waals surface area (Å²) >= 11 is 0. The van der Waals surface area contributed by atoms with Crippen LogP contribution >= 0.6 is 12.4 Å². The van der Waals surface area contributed by atoms with Crippen LogP contribution in [0.5, 0.6) is 0 Å². The smallest absolute Gasteiger partial charge is 0.341 e. The molecule has 0 saturated carbocycles. The molecule has 1 fully saturated rings. The molecule has 0 aliphatic carbocycles. The minimum absolute atomic E-state index is 0. The summed E-state index contributed by atoms with van der Waals surface area (Å²) in [5, 5.41) is 9.44. The Hall–Kier alpha value is -2.12. The van der Waals surface area contributed by atoms with Gasteiger partial charge in [-0.05, 0) is 40.0 Å². The second kappa shape index (κ2) is 7.48. The first kappa shape index (κ1) is 21.2. The zero-order valence-electron chi connectivity index (χ0n) is 16.0. The molecule has 2 heterocycles. The molecule has 27 heavy (non-hydrogen) atoms.